The molecule has 0 radical (unpaired) electrons. The number of morpholine rings is 1. The Hall–Kier alpha value is -3.56. The van der Waals surface area contributed by atoms with Crippen LogP contribution < -0.4 is 9.80 Å². The number of likely N-dealkylation sites (N-methyl/N-ethyl adjacent to an activating group) is 1. The molecule has 0 N–H and O–H groups in total. The Kier molecular flexibility index (Phi) is 6.25. The number of ether oxygens (including phenoxy) is 1. The van der Waals surface area contributed by atoms with Gasteiger partial charge in [-0.3, -0.25) is 9.78 Å². The smallest absolute Gasteiger partial charge is 0.253 e. The molecule has 2 aromatic heterocycles. The summed E-state index contributed by atoms with van der Waals surface area (Å²) in [5.41, 5.74) is 4.70. The van der Waals surface area contributed by atoms with Crippen LogP contribution in [0.4, 0.5) is 17.5 Å². The van der Waals surface area contributed by atoms with Gasteiger partial charge in [0.25, 0.3) is 5.91 Å². The highest BCUT2D eigenvalue weighted by molar-refractivity contribution is 5.95. The summed E-state index contributed by atoms with van der Waals surface area (Å²) in [4.78, 5) is 36.4. The summed E-state index contributed by atoms with van der Waals surface area (Å²) < 4.78 is 5.56. The molecule has 3 aromatic rings. The third-order valence-electron chi connectivity index (χ3n) is 7.24. The minimum absolute atomic E-state index is 0.0843. The quantitative estimate of drug-likeness (QED) is 0.558. The molecule has 0 unspecified atom stereocenters. The average molecular weight is 486 g/mol. The molecule has 0 aliphatic carbocycles. The first-order valence-corrected chi connectivity index (χ1v) is 12.7. The molecule has 0 spiro atoms. The van der Waals surface area contributed by atoms with Gasteiger partial charge in [0.15, 0.2) is 0 Å². The molecule has 9 heteroatoms. The maximum Gasteiger partial charge on any atom is 0.253 e. The lowest BCUT2D eigenvalue weighted by atomic mass is 10.0. The van der Waals surface area contributed by atoms with Crippen molar-refractivity contribution >= 4 is 23.4 Å². The third kappa shape index (κ3) is 4.40. The molecule has 36 heavy (non-hydrogen) atoms. The van der Waals surface area contributed by atoms with E-state index in [1.54, 1.807) is 6.20 Å². The molecule has 0 atom stereocenters. The molecule has 186 valence electrons. The predicted octanol–water partition coefficient (Wildman–Crippen LogP) is 2.46. The van der Waals surface area contributed by atoms with E-state index in [-0.39, 0.29) is 5.91 Å². The van der Waals surface area contributed by atoms with Crippen LogP contribution in [0.3, 0.4) is 0 Å². The fourth-order valence-corrected chi connectivity index (χ4v) is 5.14. The summed E-state index contributed by atoms with van der Waals surface area (Å²) >= 11 is 0. The Balaban J connectivity index is 1.40. The molecule has 3 aliphatic heterocycles. The normalized spacial score (nSPS) is 18.4. The number of carbonyl (C=O) groups is 1. The summed E-state index contributed by atoms with van der Waals surface area (Å²) in [6.45, 7) is 6.97. The van der Waals surface area contributed by atoms with Crippen molar-refractivity contribution in [1.29, 1.82) is 0 Å². The van der Waals surface area contributed by atoms with Crippen molar-refractivity contribution in [1.82, 2.24) is 24.8 Å². The lowest BCUT2D eigenvalue weighted by Crippen LogP contribution is -2.47. The molecule has 9 nitrogen and oxygen atoms in total. The van der Waals surface area contributed by atoms with E-state index in [2.05, 4.69) is 38.9 Å². The molecule has 0 bridgehead atoms. The number of aromatic nitrogens is 3. The van der Waals surface area contributed by atoms with E-state index in [4.69, 9.17) is 14.7 Å². The van der Waals surface area contributed by atoms with Gasteiger partial charge >= 0.3 is 0 Å². The number of benzene rings is 1. The maximum atomic E-state index is 13.3. The minimum atomic E-state index is 0.0843. The highest BCUT2D eigenvalue weighted by Gasteiger charge is 2.30. The zero-order valence-electron chi connectivity index (χ0n) is 20.6. The topological polar surface area (TPSA) is 77.9 Å². The van der Waals surface area contributed by atoms with Crippen molar-refractivity contribution in [3.8, 4) is 11.3 Å². The zero-order valence-corrected chi connectivity index (χ0v) is 20.6. The SMILES string of the molecule is CN1CCN(C(=O)c2cccc(-c3nc(N4CCOCC4)nc4c3CCN4c3cccnc3)c2)CC1. The van der Waals surface area contributed by atoms with E-state index in [1.807, 2.05) is 35.4 Å². The van der Waals surface area contributed by atoms with Crippen molar-refractivity contribution in [2.75, 3.05) is 75.9 Å². The summed E-state index contributed by atoms with van der Waals surface area (Å²) in [5.74, 6) is 1.71. The number of hydrogen-bond donors (Lipinski definition) is 0. The summed E-state index contributed by atoms with van der Waals surface area (Å²) in [6, 6.07) is 11.9. The van der Waals surface area contributed by atoms with Crippen LogP contribution in [0.1, 0.15) is 15.9 Å². The van der Waals surface area contributed by atoms with Crippen LogP contribution in [0.25, 0.3) is 11.3 Å². The number of hydrogen-bond acceptors (Lipinski definition) is 8. The van der Waals surface area contributed by atoms with Crippen LogP contribution in [-0.4, -0.2) is 96.7 Å². The number of amides is 1. The van der Waals surface area contributed by atoms with Gasteiger partial charge in [-0.15, -0.1) is 0 Å². The van der Waals surface area contributed by atoms with Crippen LogP contribution in [0.5, 0.6) is 0 Å². The van der Waals surface area contributed by atoms with Gasteiger partial charge in [-0.25, -0.2) is 4.98 Å². The first-order chi connectivity index (χ1) is 17.7. The van der Waals surface area contributed by atoms with E-state index >= 15 is 0 Å². The standard InChI is InChI=1S/C27H31N7O2/c1-31-10-12-32(13-11-31)26(35)21-5-2-4-20(18-21)24-23-7-9-34(22-6-3-8-28-19-22)25(23)30-27(29-24)33-14-16-36-17-15-33/h2-6,8,18-19H,7,9-17H2,1H3. The summed E-state index contributed by atoms with van der Waals surface area (Å²) in [5, 5.41) is 0. The van der Waals surface area contributed by atoms with Crippen molar-refractivity contribution in [3.05, 3.63) is 59.9 Å². The van der Waals surface area contributed by atoms with Crippen molar-refractivity contribution < 1.29 is 9.53 Å². The largest absolute Gasteiger partial charge is 0.378 e. The van der Waals surface area contributed by atoms with Gasteiger partial charge < -0.3 is 24.3 Å². The molecule has 6 rings (SSSR count). The summed E-state index contributed by atoms with van der Waals surface area (Å²) in [6.07, 6.45) is 4.49. The number of nitrogens with zero attached hydrogens (tertiary/aromatic N) is 7. The van der Waals surface area contributed by atoms with Gasteiger partial charge in [0, 0.05) is 68.7 Å². The van der Waals surface area contributed by atoms with Gasteiger partial charge in [-0.1, -0.05) is 12.1 Å². The Morgan fingerprint density at radius 3 is 2.56 bits per heavy atom. The number of piperazine rings is 1. The van der Waals surface area contributed by atoms with Gasteiger partial charge in [0.1, 0.15) is 5.82 Å². The molecule has 1 aromatic carbocycles. The minimum Gasteiger partial charge on any atom is -0.378 e. The highest BCUT2D eigenvalue weighted by Crippen LogP contribution is 2.39. The van der Waals surface area contributed by atoms with Gasteiger partial charge in [-0.2, -0.15) is 4.98 Å². The second-order valence-electron chi connectivity index (χ2n) is 9.56. The van der Waals surface area contributed by atoms with E-state index in [0.717, 1.165) is 80.6 Å². The average Bonchev–Trinajstić information content (AvgIpc) is 3.38. The lowest BCUT2D eigenvalue weighted by molar-refractivity contribution is 0.0664. The molecule has 0 saturated carbocycles. The Labute approximate surface area is 211 Å². The maximum absolute atomic E-state index is 13.3. The first kappa shape index (κ1) is 22.9. The molecule has 1 amide bonds. The molecular weight excluding hydrogens is 454 g/mol. The number of fused-ring (bicyclic) bond motifs is 1. The van der Waals surface area contributed by atoms with E-state index in [0.29, 0.717) is 24.7 Å². The van der Waals surface area contributed by atoms with Gasteiger partial charge in [0.05, 0.1) is 30.8 Å². The molecule has 5 heterocycles. The van der Waals surface area contributed by atoms with Gasteiger partial charge in [-0.05, 0) is 37.7 Å². The van der Waals surface area contributed by atoms with Crippen molar-refractivity contribution in [2.24, 2.45) is 0 Å². The van der Waals surface area contributed by atoms with Crippen LogP contribution in [0.2, 0.25) is 0 Å². The predicted molar refractivity (Wildman–Crippen MR) is 139 cm³/mol. The summed E-state index contributed by atoms with van der Waals surface area (Å²) in [7, 11) is 2.10. The Bertz CT molecular complexity index is 1240. The third-order valence-corrected chi connectivity index (χ3v) is 7.24. The molecular formula is C27H31N7O2. The van der Waals surface area contributed by atoms with Crippen LogP contribution in [-0.2, 0) is 11.2 Å². The zero-order chi connectivity index (χ0) is 24.5. The van der Waals surface area contributed by atoms with Crippen LogP contribution in [0, 0.1) is 0 Å². The second-order valence-corrected chi connectivity index (χ2v) is 9.56. The Morgan fingerprint density at radius 2 is 1.78 bits per heavy atom. The molecule has 2 saturated heterocycles. The van der Waals surface area contributed by atoms with Crippen molar-refractivity contribution in [3.63, 3.8) is 0 Å². The van der Waals surface area contributed by atoms with E-state index in [1.165, 1.54) is 0 Å². The van der Waals surface area contributed by atoms with E-state index < -0.39 is 0 Å². The fraction of sp³-hybridized carbons (Fsp3) is 0.407. The highest BCUT2D eigenvalue weighted by atomic mass is 16.5. The number of pyridine rings is 1. The lowest BCUT2D eigenvalue weighted by Gasteiger charge is -2.32. The van der Waals surface area contributed by atoms with Crippen LogP contribution in [0.15, 0.2) is 48.8 Å². The second kappa shape index (κ2) is 9.83. The molecule has 3 aliphatic rings. The first-order valence-electron chi connectivity index (χ1n) is 12.7. The van der Waals surface area contributed by atoms with Crippen LogP contribution >= 0.6 is 0 Å². The molecule has 2 fully saturated rings. The van der Waals surface area contributed by atoms with Gasteiger partial charge in [0.2, 0.25) is 5.95 Å². The number of rotatable bonds is 4. The fourth-order valence-electron chi connectivity index (χ4n) is 5.14. The van der Waals surface area contributed by atoms with Crippen molar-refractivity contribution in [2.45, 2.75) is 6.42 Å². The Morgan fingerprint density at radius 1 is 0.944 bits per heavy atom. The number of anilines is 3. The monoisotopic (exact) mass is 485 g/mol. The number of carbonyl (C=O) groups excluding carboxylic acids is 1. The van der Waals surface area contributed by atoms with E-state index in [9.17, 15) is 4.79 Å².